The van der Waals surface area contributed by atoms with Crippen molar-refractivity contribution >= 4 is 54.1 Å². The van der Waals surface area contributed by atoms with Crippen LogP contribution in [0.2, 0.25) is 0 Å². The summed E-state index contributed by atoms with van der Waals surface area (Å²) in [6.07, 6.45) is -0.394. The third-order valence-corrected chi connectivity index (χ3v) is 9.50. The number of aromatic nitrogens is 3. The molecule has 0 saturated heterocycles. The normalized spacial score (nSPS) is 13.3. The summed E-state index contributed by atoms with van der Waals surface area (Å²) in [5.74, 6) is 0. The summed E-state index contributed by atoms with van der Waals surface area (Å²) >= 11 is 0. The van der Waals surface area contributed by atoms with Gasteiger partial charge >= 0.3 is 0 Å². The first kappa shape index (κ1) is 22.8. The van der Waals surface area contributed by atoms with Gasteiger partial charge in [-0.05, 0) is 67.4 Å². The summed E-state index contributed by atoms with van der Waals surface area (Å²) in [7, 11) is 0. The Kier molecular flexibility index (Phi) is 5.23. The van der Waals surface area contributed by atoms with Crippen LogP contribution in [0.25, 0.3) is 99.0 Å². The van der Waals surface area contributed by atoms with E-state index in [-0.39, 0.29) is 34.6 Å². The molecule has 7 aromatic carbocycles. The first-order valence-electron chi connectivity index (χ1n) is 19.5. The van der Waals surface area contributed by atoms with Crippen LogP contribution >= 0.6 is 0 Å². The van der Waals surface area contributed by atoms with E-state index in [0.29, 0.717) is 16.7 Å². The van der Waals surface area contributed by atoms with Crippen molar-refractivity contribution in [3.05, 3.63) is 176 Å². The summed E-state index contributed by atoms with van der Waals surface area (Å²) in [6.45, 7) is 0. The summed E-state index contributed by atoms with van der Waals surface area (Å²) in [5, 5.41) is 6.48. The summed E-state index contributed by atoms with van der Waals surface area (Å²) < 4.78 is 50.5. The molecule has 0 aliphatic rings. The fourth-order valence-corrected chi connectivity index (χ4v) is 7.19. The number of fused-ring (bicyclic) bond motifs is 6. The molecule has 10 rings (SSSR count). The molecule has 0 amide bonds. The second-order valence-electron chi connectivity index (χ2n) is 12.3. The maximum Gasteiger partial charge on any atom is 0.0973 e. The Morgan fingerprint density at radius 1 is 0.380 bits per heavy atom. The lowest BCUT2D eigenvalue weighted by Crippen LogP contribution is -1.93. The van der Waals surface area contributed by atoms with Gasteiger partial charge in [0.2, 0.25) is 0 Å². The summed E-state index contributed by atoms with van der Waals surface area (Å²) in [4.78, 5) is 14.4. The highest BCUT2D eigenvalue weighted by Crippen LogP contribution is 2.44. The van der Waals surface area contributed by atoms with Crippen LogP contribution in [0.1, 0.15) is 8.22 Å². The third-order valence-electron chi connectivity index (χ3n) is 9.50. The van der Waals surface area contributed by atoms with Crippen molar-refractivity contribution in [3.63, 3.8) is 0 Å². The molecule has 0 aliphatic carbocycles. The molecule has 3 heteroatoms. The topological polar surface area (TPSA) is 38.7 Å². The minimum atomic E-state index is -0.461. The molecule has 50 heavy (non-hydrogen) atoms. The molecule has 0 spiro atoms. The van der Waals surface area contributed by atoms with E-state index in [1.165, 1.54) is 38.2 Å². The highest BCUT2D eigenvalue weighted by Gasteiger charge is 2.17. The molecule has 0 fully saturated rings. The molecule has 0 radical (unpaired) electrons. The van der Waals surface area contributed by atoms with E-state index >= 15 is 0 Å². The van der Waals surface area contributed by atoms with E-state index in [9.17, 15) is 0 Å². The molecular weight excluding hydrogens is 607 g/mol. The molecule has 3 aromatic heterocycles. The van der Waals surface area contributed by atoms with Crippen LogP contribution in [-0.2, 0) is 0 Å². The van der Waals surface area contributed by atoms with E-state index in [0.717, 1.165) is 27.6 Å². The van der Waals surface area contributed by atoms with Gasteiger partial charge in [0.25, 0.3) is 0 Å². The van der Waals surface area contributed by atoms with Gasteiger partial charge in [-0.1, -0.05) is 152 Å². The van der Waals surface area contributed by atoms with Crippen LogP contribution in [0, 0.1) is 0 Å². The molecule has 0 saturated carbocycles. The zero-order valence-corrected chi connectivity index (χ0v) is 26.6. The van der Waals surface area contributed by atoms with Crippen molar-refractivity contribution in [2.75, 3.05) is 0 Å². The lowest BCUT2D eigenvalue weighted by atomic mass is 9.86. The van der Waals surface area contributed by atoms with Gasteiger partial charge in [-0.15, -0.1) is 0 Å². The SMILES string of the molecule is [2H]c1nc(-c2ccc3ccc4ccc(-c5ccc(-c6c7ccccc7c(-c7ccccc7)c7ccccc67)cc5)nc4c3n2)c2c([2H])c([2H])c([2H])c([2H])c2c1[2H]. The fraction of sp³-hybridized carbons (Fsp3) is 0. The Morgan fingerprint density at radius 2 is 0.880 bits per heavy atom. The van der Waals surface area contributed by atoms with Crippen molar-refractivity contribution < 1.29 is 8.22 Å². The van der Waals surface area contributed by atoms with Crippen molar-refractivity contribution in [2.24, 2.45) is 0 Å². The predicted octanol–water partition coefficient (Wildman–Crippen LogP) is 12.3. The summed E-state index contributed by atoms with van der Waals surface area (Å²) in [6, 6.07) is 45.9. The number of hydrogen-bond donors (Lipinski definition) is 0. The number of nitrogens with zero attached hydrogens (tertiary/aromatic N) is 3. The Labute approximate surface area is 297 Å². The zero-order chi connectivity index (χ0) is 38.2. The molecule has 0 bridgehead atoms. The van der Waals surface area contributed by atoms with Gasteiger partial charge in [-0.3, -0.25) is 4.98 Å². The maximum absolute atomic E-state index is 8.68. The third kappa shape index (κ3) is 4.56. The number of rotatable bonds is 4. The van der Waals surface area contributed by atoms with E-state index in [4.69, 9.17) is 18.2 Å². The number of benzene rings is 7. The molecule has 10 aromatic rings. The average Bonchev–Trinajstić information content (AvgIpc) is 3.24. The van der Waals surface area contributed by atoms with E-state index in [2.05, 4.69) is 102 Å². The molecular formula is C47H29N3. The average molecular weight is 642 g/mol. The molecule has 0 N–H and O–H groups in total. The Hall–Kier alpha value is -6.71. The van der Waals surface area contributed by atoms with Crippen LogP contribution in [0.5, 0.6) is 0 Å². The van der Waals surface area contributed by atoms with Gasteiger partial charge in [0.05, 0.1) is 36.3 Å². The monoisotopic (exact) mass is 641 g/mol. The number of hydrogen-bond acceptors (Lipinski definition) is 3. The minimum Gasteiger partial charge on any atom is -0.254 e. The zero-order valence-electron chi connectivity index (χ0n) is 32.6. The van der Waals surface area contributed by atoms with Crippen LogP contribution < -0.4 is 0 Å². The van der Waals surface area contributed by atoms with Crippen LogP contribution in [0.4, 0.5) is 0 Å². The van der Waals surface area contributed by atoms with Gasteiger partial charge < -0.3 is 0 Å². The van der Waals surface area contributed by atoms with Crippen molar-refractivity contribution in [2.45, 2.75) is 0 Å². The minimum absolute atomic E-state index is 0.0530. The molecule has 0 aliphatic heterocycles. The van der Waals surface area contributed by atoms with Gasteiger partial charge in [0.1, 0.15) is 0 Å². The maximum atomic E-state index is 8.68. The van der Waals surface area contributed by atoms with Crippen molar-refractivity contribution in [3.8, 4) is 44.9 Å². The smallest absolute Gasteiger partial charge is 0.0973 e. The number of pyridine rings is 3. The molecule has 0 atom stereocenters. The molecule has 0 unspecified atom stereocenters. The second kappa shape index (κ2) is 11.5. The first-order chi connectivity index (χ1) is 27.3. The summed E-state index contributed by atoms with van der Waals surface area (Å²) in [5.41, 5.74) is 8.08. The molecule has 3 nitrogen and oxygen atoms in total. The van der Waals surface area contributed by atoms with Gasteiger partial charge in [-0.2, -0.15) is 0 Å². The Bertz CT molecular complexity index is 3200. The van der Waals surface area contributed by atoms with Crippen molar-refractivity contribution in [1.29, 1.82) is 0 Å². The van der Waals surface area contributed by atoms with E-state index < -0.39 is 18.3 Å². The van der Waals surface area contributed by atoms with E-state index in [1.54, 1.807) is 6.07 Å². The van der Waals surface area contributed by atoms with E-state index in [1.807, 2.05) is 36.4 Å². The highest BCUT2D eigenvalue weighted by atomic mass is 14.8. The van der Waals surface area contributed by atoms with Crippen molar-refractivity contribution in [1.82, 2.24) is 15.0 Å². The standard InChI is InChI=1S/C47H29N3/c1-2-11-32(12-3-1)43-37-14-6-8-16-39(37)44(40-17-9-7-15-38(40)43)33-20-18-31(19-21-33)41-26-24-34-22-23-35-25-27-42(50-46(35)45(34)49-41)47-36-13-5-4-10-30(36)28-29-48-47/h1-29H/i4D,5D,10D,13D,28D,29D. The second-order valence-corrected chi connectivity index (χ2v) is 12.3. The van der Waals surface area contributed by atoms with Gasteiger partial charge in [-0.25, -0.2) is 9.97 Å². The highest BCUT2D eigenvalue weighted by molar-refractivity contribution is 6.21. The first-order valence-corrected chi connectivity index (χ1v) is 16.5. The predicted molar refractivity (Wildman–Crippen MR) is 209 cm³/mol. The Balaban J connectivity index is 1.11. The van der Waals surface area contributed by atoms with Gasteiger partial charge in [0, 0.05) is 27.9 Å². The van der Waals surface area contributed by atoms with Crippen LogP contribution in [0.3, 0.4) is 0 Å². The lowest BCUT2D eigenvalue weighted by Gasteiger charge is -2.18. The van der Waals surface area contributed by atoms with Gasteiger partial charge in [0.15, 0.2) is 0 Å². The quantitative estimate of drug-likeness (QED) is 0.142. The lowest BCUT2D eigenvalue weighted by molar-refractivity contribution is 1.30. The molecule has 3 heterocycles. The largest absolute Gasteiger partial charge is 0.254 e. The Morgan fingerprint density at radius 3 is 1.52 bits per heavy atom. The van der Waals surface area contributed by atoms with Crippen LogP contribution in [-0.4, -0.2) is 15.0 Å². The molecule has 232 valence electrons. The fourth-order valence-electron chi connectivity index (χ4n) is 7.19. The van der Waals surface area contributed by atoms with Crippen LogP contribution in [0.15, 0.2) is 176 Å².